The summed E-state index contributed by atoms with van der Waals surface area (Å²) in [4.78, 5) is 24.3. The van der Waals surface area contributed by atoms with Gasteiger partial charge in [0.25, 0.3) is 0 Å². The number of hydrogen-bond donors (Lipinski definition) is 1. The summed E-state index contributed by atoms with van der Waals surface area (Å²) in [5.74, 6) is -0.0903. The largest absolute Gasteiger partial charge is 0.368 e. The first-order valence-electron chi connectivity index (χ1n) is 5.20. The average Bonchev–Trinajstić information content (AvgIpc) is 2.52. The molecular weight excluding hydrogens is 180 g/mol. The van der Waals surface area contributed by atoms with Crippen LogP contribution in [0.2, 0.25) is 0 Å². The molecule has 0 bridgehead atoms. The molecule has 1 saturated heterocycles. The van der Waals surface area contributed by atoms with Gasteiger partial charge in [-0.15, -0.1) is 0 Å². The van der Waals surface area contributed by atoms with E-state index >= 15 is 0 Å². The highest BCUT2D eigenvalue weighted by molar-refractivity contribution is 5.83. The number of carbonyl (C=O) groups excluding carboxylic acids is 2. The minimum atomic E-state index is -0.299. The van der Waals surface area contributed by atoms with Crippen LogP contribution in [0.4, 0.5) is 0 Å². The highest BCUT2D eigenvalue weighted by Crippen LogP contribution is 2.16. The van der Waals surface area contributed by atoms with Gasteiger partial charge in [-0.2, -0.15) is 0 Å². The molecule has 14 heavy (non-hydrogen) atoms. The summed E-state index contributed by atoms with van der Waals surface area (Å²) in [5.41, 5.74) is 5.25. The van der Waals surface area contributed by atoms with Crippen LogP contribution in [0, 0.1) is 0 Å². The van der Waals surface area contributed by atoms with Gasteiger partial charge in [-0.3, -0.25) is 14.5 Å². The number of carbonyl (C=O) groups is 2. The van der Waals surface area contributed by atoms with E-state index < -0.39 is 0 Å². The molecule has 0 aromatic rings. The van der Waals surface area contributed by atoms with E-state index in [4.69, 9.17) is 5.73 Å². The molecule has 0 saturated carbocycles. The Morgan fingerprint density at radius 2 is 2.21 bits per heavy atom. The standard InChI is InChI=1S/C10H18N2O2/c1-2-4-8(13)7-12-6-3-5-9(12)10(11)14/h9H,2-7H2,1H3,(H2,11,14). The average molecular weight is 198 g/mol. The molecule has 0 aromatic heterocycles. The van der Waals surface area contributed by atoms with Crippen molar-refractivity contribution < 1.29 is 9.59 Å². The van der Waals surface area contributed by atoms with Crippen LogP contribution in [-0.2, 0) is 9.59 Å². The van der Waals surface area contributed by atoms with Gasteiger partial charge in [0, 0.05) is 6.42 Å². The predicted octanol–water partition coefficient (Wildman–Crippen LogP) is 0.305. The van der Waals surface area contributed by atoms with Crippen molar-refractivity contribution in [2.24, 2.45) is 5.73 Å². The zero-order chi connectivity index (χ0) is 10.6. The molecule has 80 valence electrons. The van der Waals surface area contributed by atoms with Gasteiger partial charge in [0.2, 0.25) is 5.91 Å². The summed E-state index contributed by atoms with van der Waals surface area (Å²) in [6.07, 6.45) is 3.23. The highest BCUT2D eigenvalue weighted by Gasteiger charge is 2.29. The lowest BCUT2D eigenvalue weighted by molar-refractivity contribution is -0.124. The second-order valence-electron chi connectivity index (χ2n) is 3.82. The summed E-state index contributed by atoms with van der Waals surface area (Å²) in [6.45, 7) is 3.19. The second kappa shape index (κ2) is 5.10. The zero-order valence-corrected chi connectivity index (χ0v) is 8.66. The van der Waals surface area contributed by atoms with Crippen LogP contribution in [-0.4, -0.2) is 35.7 Å². The molecule has 1 unspecified atom stereocenters. The van der Waals surface area contributed by atoms with Gasteiger partial charge in [0.15, 0.2) is 0 Å². The molecule has 1 fully saturated rings. The third kappa shape index (κ3) is 2.80. The first-order chi connectivity index (χ1) is 6.65. The Morgan fingerprint density at radius 3 is 2.79 bits per heavy atom. The van der Waals surface area contributed by atoms with E-state index in [2.05, 4.69) is 0 Å². The van der Waals surface area contributed by atoms with Gasteiger partial charge in [-0.25, -0.2) is 0 Å². The molecule has 1 heterocycles. The smallest absolute Gasteiger partial charge is 0.234 e. The predicted molar refractivity (Wildman–Crippen MR) is 53.7 cm³/mol. The molecule has 4 heteroatoms. The summed E-state index contributed by atoms with van der Waals surface area (Å²) < 4.78 is 0. The number of primary amides is 1. The van der Waals surface area contributed by atoms with E-state index in [-0.39, 0.29) is 17.7 Å². The molecule has 4 nitrogen and oxygen atoms in total. The van der Waals surface area contributed by atoms with E-state index in [0.29, 0.717) is 13.0 Å². The fraction of sp³-hybridized carbons (Fsp3) is 0.800. The van der Waals surface area contributed by atoms with Crippen LogP contribution in [0.1, 0.15) is 32.6 Å². The summed E-state index contributed by atoms with van der Waals surface area (Å²) in [6, 6.07) is -0.212. The number of nitrogens with zero attached hydrogens (tertiary/aromatic N) is 1. The van der Waals surface area contributed by atoms with Crippen LogP contribution in [0.5, 0.6) is 0 Å². The summed E-state index contributed by atoms with van der Waals surface area (Å²) >= 11 is 0. The van der Waals surface area contributed by atoms with Crippen molar-refractivity contribution in [1.82, 2.24) is 4.90 Å². The molecule has 1 aliphatic rings. The number of amides is 1. The molecule has 2 N–H and O–H groups in total. The maximum absolute atomic E-state index is 11.4. The van der Waals surface area contributed by atoms with E-state index in [9.17, 15) is 9.59 Å². The molecule has 1 atom stereocenters. The fourth-order valence-electron chi connectivity index (χ4n) is 1.92. The van der Waals surface area contributed by atoms with Crippen molar-refractivity contribution in [1.29, 1.82) is 0 Å². The Bertz CT molecular complexity index is 228. The van der Waals surface area contributed by atoms with Crippen LogP contribution < -0.4 is 5.73 Å². The lowest BCUT2D eigenvalue weighted by Crippen LogP contribution is -2.42. The van der Waals surface area contributed by atoms with Crippen molar-refractivity contribution >= 4 is 11.7 Å². The minimum absolute atomic E-state index is 0.209. The van der Waals surface area contributed by atoms with Crippen LogP contribution in [0.3, 0.4) is 0 Å². The molecule has 0 spiro atoms. The molecule has 1 rings (SSSR count). The van der Waals surface area contributed by atoms with E-state index in [0.717, 1.165) is 25.8 Å². The SMILES string of the molecule is CCCC(=O)CN1CCCC1C(N)=O. The Kier molecular flexibility index (Phi) is 4.07. The lowest BCUT2D eigenvalue weighted by Gasteiger charge is -2.20. The maximum Gasteiger partial charge on any atom is 0.234 e. The molecule has 0 radical (unpaired) electrons. The normalized spacial score (nSPS) is 22.5. The monoisotopic (exact) mass is 198 g/mol. The Hall–Kier alpha value is -0.900. The van der Waals surface area contributed by atoms with Crippen LogP contribution >= 0.6 is 0 Å². The van der Waals surface area contributed by atoms with E-state index in [1.54, 1.807) is 0 Å². The first kappa shape index (κ1) is 11.2. The molecular formula is C10H18N2O2. The topological polar surface area (TPSA) is 63.4 Å². The van der Waals surface area contributed by atoms with Crippen LogP contribution in [0.25, 0.3) is 0 Å². The minimum Gasteiger partial charge on any atom is -0.368 e. The second-order valence-corrected chi connectivity index (χ2v) is 3.82. The number of ketones is 1. The molecule has 0 aliphatic carbocycles. The van der Waals surface area contributed by atoms with Gasteiger partial charge < -0.3 is 5.73 Å². The Balaban J connectivity index is 2.43. The third-order valence-electron chi connectivity index (χ3n) is 2.60. The van der Waals surface area contributed by atoms with Crippen molar-refractivity contribution in [2.75, 3.05) is 13.1 Å². The number of nitrogens with two attached hydrogens (primary N) is 1. The van der Waals surface area contributed by atoms with E-state index in [1.807, 2.05) is 11.8 Å². The van der Waals surface area contributed by atoms with Gasteiger partial charge >= 0.3 is 0 Å². The molecule has 0 aromatic carbocycles. The third-order valence-corrected chi connectivity index (χ3v) is 2.60. The fourth-order valence-corrected chi connectivity index (χ4v) is 1.92. The maximum atomic E-state index is 11.4. The zero-order valence-electron chi connectivity index (χ0n) is 8.66. The Morgan fingerprint density at radius 1 is 1.50 bits per heavy atom. The molecule has 1 aliphatic heterocycles. The number of Topliss-reactive ketones (excluding diaryl/α,β-unsaturated/α-hetero) is 1. The number of rotatable bonds is 5. The Labute approximate surface area is 84.4 Å². The van der Waals surface area contributed by atoms with Gasteiger partial charge in [0.05, 0.1) is 12.6 Å². The van der Waals surface area contributed by atoms with Gasteiger partial charge in [-0.05, 0) is 25.8 Å². The van der Waals surface area contributed by atoms with Crippen LogP contribution in [0.15, 0.2) is 0 Å². The van der Waals surface area contributed by atoms with Crippen molar-refractivity contribution in [3.8, 4) is 0 Å². The van der Waals surface area contributed by atoms with Crippen molar-refractivity contribution in [3.05, 3.63) is 0 Å². The molecule has 1 amide bonds. The summed E-state index contributed by atoms with van der Waals surface area (Å²) in [5, 5.41) is 0. The van der Waals surface area contributed by atoms with E-state index in [1.165, 1.54) is 0 Å². The lowest BCUT2D eigenvalue weighted by atomic mass is 10.2. The van der Waals surface area contributed by atoms with Gasteiger partial charge in [0.1, 0.15) is 5.78 Å². The highest BCUT2D eigenvalue weighted by atomic mass is 16.1. The van der Waals surface area contributed by atoms with Crippen molar-refractivity contribution in [3.63, 3.8) is 0 Å². The number of hydrogen-bond acceptors (Lipinski definition) is 3. The quantitative estimate of drug-likeness (QED) is 0.691. The number of likely N-dealkylation sites (tertiary alicyclic amines) is 1. The summed E-state index contributed by atoms with van der Waals surface area (Å²) in [7, 11) is 0. The first-order valence-corrected chi connectivity index (χ1v) is 5.20. The van der Waals surface area contributed by atoms with Crippen molar-refractivity contribution in [2.45, 2.75) is 38.6 Å². The van der Waals surface area contributed by atoms with Gasteiger partial charge in [-0.1, -0.05) is 6.92 Å².